The first kappa shape index (κ1) is 19.9. The average molecular weight is 385 g/mol. The number of piperidine rings is 1. The van der Waals surface area contributed by atoms with Crippen molar-refractivity contribution >= 4 is 17.5 Å². The molecule has 0 atom stereocenters. The van der Waals surface area contributed by atoms with Crippen molar-refractivity contribution in [2.45, 2.75) is 39.2 Å². The van der Waals surface area contributed by atoms with Gasteiger partial charge >= 0.3 is 0 Å². The molecule has 144 valence electrons. The molecule has 1 fully saturated rings. The van der Waals surface area contributed by atoms with Gasteiger partial charge in [-0.15, -0.1) is 0 Å². The summed E-state index contributed by atoms with van der Waals surface area (Å²) >= 11 is 5.94. The number of hydrogen-bond donors (Lipinski definition) is 1. The third-order valence-electron chi connectivity index (χ3n) is 5.34. The molecule has 1 heterocycles. The molecule has 0 radical (unpaired) electrons. The molecule has 0 unspecified atom stereocenters. The monoisotopic (exact) mass is 384 g/mol. The molecule has 27 heavy (non-hydrogen) atoms. The van der Waals surface area contributed by atoms with Crippen molar-refractivity contribution in [2.24, 2.45) is 5.92 Å². The van der Waals surface area contributed by atoms with Crippen LogP contribution in [-0.2, 0) is 17.8 Å². The van der Waals surface area contributed by atoms with E-state index in [1.54, 1.807) is 0 Å². The van der Waals surface area contributed by atoms with Crippen LogP contribution >= 0.6 is 11.6 Å². The topological polar surface area (TPSA) is 32.3 Å². The SMILES string of the molecule is Cc1ccc(CCCNC(=O)C2CCN(Cc3ccc(Cl)cc3)CC2)cc1. The molecule has 1 aliphatic rings. The minimum absolute atomic E-state index is 0.158. The third-order valence-corrected chi connectivity index (χ3v) is 5.59. The van der Waals surface area contributed by atoms with Crippen molar-refractivity contribution in [3.05, 3.63) is 70.2 Å². The van der Waals surface area contributed by atoms with E-state index >= 15 is 0 Å². The Kier molecular flexibility index (Phi) is 7.31. The van der Waals surface area contributed by atoms with Gasteiger partial charge in [0.2, 0.25) is 5.91 Å². The first-order chi connectivity index (χ1) is 13.1. The zero-order chi connectivity index (χ0) is 19.1. The normalized spacial score (nSPS) is 15.6. The molecular weight excluding hydrogens is 356 g/mol. The molecule has 1 saturated heterocycles. The van der Waals surface area contributed by atoms with Crippen LogP contribution in [0.25, 0.3) is 0 Å². The predicted octanol–water partition coefficient (Wildman–Crippen LogP) is 4.61. The Balaban J connectivity index is 1.33. The first-order valence-corrected chi connectivity index (χ1v) is 10.3. The van der Waals surface area contributed by atoms with Gasteiger partial charge in [0.25, 0.3) is 0 Å². The van der Waals surface area contributed by atoms with E-state index in [1.807, 2.05) is 12.1 Å². The summed E-state index contributed by atoms with van der Waals surface area (Å²) in [5.74, 6) is 0.385. The number of aryl methyl sites for hydroxylation is 2. The Hall–Kier alpha value is -1.84. The molecule has 0 aliphatic carbocycles. The van der Waals surface area contributed by atoms with Gasteiger partial charge in [-0.3, -0.25) is 9.69 Å². The number of carbonyl (C=O) groups is 1. The molecule has 1 N–H and O–H groups in total. The van der Waals surface area contributed by atoms with Crippen LogP contribution in [0, 0.1) is 12.8 Å². The maximum atomic E-state index is 12.4. The lowest BCUT2D eigenvalue weighted by Crippen LogP contribution is -2.40. The second-order valence-corrected chi connectivity index (χ2v) is 7.99. The van der Waals surface area contributed by atoms with E-state index in [0.717, 1.165) is 56.9 Å². The van der Waals surface area contributed by atoms with Gasteiger partial charge in [-0.1, -0.05) is 53.6 Å². The van der Waals surface area contributed by atoms with Crippen LogP contribution in [0.15, 0.2) is 48.5 Å². The van der Waals surface area contributed by atoms with Gasteiger partial charge in [0.15, 0.2) is 0 Å². The zero-order valence-electron chi connectivity index (χ0n) is 16.1. The van der Waals surface area contributed by atoms with E-state index in [0.29, 0.717) is 0 Å². The minimum Gasteiger partial charge on any atom is -0.356 e. The van der Waals surface area contributed by atoms with Gasteiger partial charge in [-0.25, -0.2) is 0 Å². The summed E-state index contributed by atoms with van der Waals surface area (Å²) < 4.78 is 0. The third kappa shape index (κ3) is 6.37. The second-order valence-electron chi connectivity index (χ2n) is 7.56. The molecule has 2 aromatic rings. The second kappa shape index (κ2) is 9.91. The Morgan fingerprint density at radius 2 is 1.67 bits per heavy atom. The maximum Gasteiger partial charge on any atom is 0.223 e. The molecule has 4 heteroatoms. The molecule has 2 aromatic carbocycles. The first-order valence-electron chi connectivity index (χ1n) is 9.90. The summed E-state index contributed by atoms with van der Waals surface area (Å²) in [7, 11) is 0. The largest absolute Gasteiger partial charge is 0.356 e. The zero-order valence-corrected chi connectivity index (χ0v) is 16.8. The van der Waals surface area contributed by atoms with Gasteiger partial charge in [-0.05, 0) is 69.0 Å². The highest BCUT2D eigenvalue weighted by Crippen LogP contribution is 2.20. The van der Waals surface area contributed by atoms with Crippen LogP contribution in [0.5, 0.6) is 0 Å². The summed E-state index contributed by atoms with van der Waals surface area (Å²) in [5, 5.41) is 3.91. The van der Waals surface area contributed by atoms with E-state index in [-0.39, 0.29) is 11.8 Å². The van der Waals surface area contributed by atoms with Crippen molar-refractivity contribution < 1.29 is 4.79 Å². The standard InChI is InChI=1S/C23H29ClN2O/c1-18-4-6-19(7-5-18)3-2-14-25-23(27)21-12-15-26(16-13-21)17-20-8-10-22(24)11-9-20/h4-11,21H,2-3,12-17H2,1H3,(H,25,27). The fourth-order valence-corrected chi connectivity index (χ4v) is 3.73. The molecule has 0 saturated carbocycles. The van der Waals surface area contributed by atoms with Crippen molar-refractivity contribution in [1.82, 2.24) is 10.2 Å². The predicted molar refractivity (Wildman–Crippen MR) is 112 cm³/mol. The average Bonchev–Trinajstić information content (AvgIpc) is 2.69. The molecule has 0 spiro atoms. The van der Waals surface area contributed by atoms with Crippen molar-refractivity contribution in [3.8, 4) is 0 Å². The number of hydrogen-bond acceptors (Lipinski definition) is 2. The summed E-state index contributed by atoms with van der Waals surface area (Å²) in [4.78, 5) is 14.8. The number of amides is 1. The molecule has 3 rings (SSSR count). The minimum atomic E-state index is 0.158. The van der Waals surface area contributed by atoms with Crippen LogP contribution in [0.3, 0.4) is 0 Å². The quantitative estimate of drug-likeness (QED) is 0.707. The number of nitrogens with one attached hydrogen (secondary N) is 1. The summed E-state index contributed by atoms with van der Waals surface area (Å²) in [6, 6.07) is 16.7. The molecule has 1 aliphatic heterocycles. The lowest BCUT2D eigenvalue weighted by molar-refractivity contribution is -0.126. The van der Waals surface area contributed by atoms with Crippen LogP contribution in [0.2, 0.25) is 5.02 Å². The van der Waals surface area contributed by atoms with Crippen molar-refractivity contribution in [1.29, 1.82) is 0 Å². The van der Waals surface area contributed by atoms with E-state index in [1.165, 1.54) is 16.7 Å². The van der Waals surface area contributed by atoms with Gasteiger partial charge in [0, 0.05) is 24.0 Å². The van der Waals surface area contributed by atoms with Gasteiger partial charge < -0.3 is 5.32 Å². The van der Waals surface area contributed by atoms with E-state index in [4.69, 9.17) is 11.6 Å². The lowest BCUT2D eigenvalue weighted by atomic mass is 9.95. The van der Waals surface area contributed by atoms with E-state index in [2.05, 4.69) is 53.5 Å². The van der Waals surface area contributed by atoms with E-state index in [9.17, 15) is 4.79 Å². The fourth-order valence-electron chi connectivity index (χ4n) is 3.60. The number of benzene rings is 2. The summed E-state index contributed by atoms with van der Waals surface area (Å²) in [5.41, 5.74) is 3.90. The molecule has 0 aromatic heterocycles. The van der Waals surface area contributed by atoms with Crippen LogP contribution in [0.1, 0.15) is 36.0 Å². The van der Waals surface area contributed by atoms with Gasteiger partial charge in [0.1, 0.15) is 0 Å². The smallest absolute Gasteiger partial charge is 0.223 e. The number of rotatable bonds is 7. The Morgan fingerprint density at radius 3 is 2.33 bits per heavy atom. The highest BCUT2D eigenvalue weighted by atomic mass is 35.5. The lowest BCUT2D eigenvalue weighted by Gasteiger charge is -2.31. The maximum absolute atomic E-state index is 12.4. The Labute approximate surface area is 167 Å². The molecule has 0 bridgehead atoms. The van der Waals surface area contributed by atoms with Crippen LogP contribution in [0.4, 0.5) is 0 Å². The summed E-state index contributed by atoms with van der Waals surface area (Å²) in [6.45, 7) is 5.75. The summed E-state index contributed by atoms with van der Waals surface area (Å²) in [6.07, 6.45) is 3.89. The number of carbonyl (C=O) groups excluding carboxylic acids is 1. The fraction of sp³-hybridized carbons (Fsp3) is 0.435. The Morgan fingerprint density at radius 1 is 1.04 bits per heavy atom. The number of halogens is 1. The molecule has 1 amide bonds. The highest BCUT2D eigenvalue weighted by molar-refractivity contribution is 6.30. The van der Waals surface area contributed by atoms with E-state index < -0.39 is 0 Å². The molecular formula is C23H29ClN2O. The Bertz CT molecular complexity index is 719. The molecule has 3 nitrogen and oxygen atoms in total. The van der Waals surface area contributed by atoms with Gasteiger partial charge in [0.05, 0.1) is 0 Å². The van der Waals surface area contributed by atoms with Crippen molar-refractivity contribution in [2.75, 3.05) is 19.6 Å². The number of likely N-dealkylation sites (tertiary alicyclic amines) is 1. The van der Waals surface area contributed by atoms with Crippen LogP contribution < -0.4 is 5.32 Å². The van der Waals surface area contributed by atoms with Gasteiger partial charge in [-0.2, -0.15) is 0 Å². The van der Waals surface area contributed by atoms with Crippen LogP contribution in [-0.4, -0.2) is 30.4 Å². The highest BCUT2D eigenvalue weighted by Gasteiger charge is 2.24. The number of nitrogens with zero attached hydrogens (tertiary/aromatic N) is 1. The van der Waals surface area contributed by atoms with Crippen molar-refractivity contribution in [3.63, 3.8) is 0 Å².